The summed E-state index contributed by atoms with van der Waals surface area (Å²) in [6.45, 7) is -0.518. The molecule has 0 aliphatic heterocycles. The van der Waals surface area contributed by atoms with Gasteiger partial charge >= 0.3 is 11.0 Å². The highest BCUT2D eigenvalue weighted by Gasteiger charge is 2.16. The van der Waals surface area contributed by atoms with Crippen molar-refractivity contribution in [2.24, 2.45) is 0 Å². The summed E-state index contributed by atoms with van der Waals surface area (Å²) in [6.07, 6.45) is 1.04. The SMILES string of the molecule is O=C(COC(=O)c1cccc2ccccc12)Nc1ncc([N+](=O)[O-])s1. The molecule has 1 heterocycles. The Labute approximate surface area is 145 Å². The van der Waals surface area contributed by atoms with Crippen LogP contribution in [0, 0.1) is 10.1 Å². The summed E-state index contributed by atoms with van der Waals surface area (Å²) in [5.41, 5.74) is 0.357. The second-order valence-electron chi connectivity index (χ2n) is 4.91. The number of aromatic nitrogens is 1. The van der Waals surface area contributed by atoms with Gasteiger partial charge in [-0.3, -0.25) is 20.2 Å². The van der Waals surface area contributed by atoms with Crippen molar-refractivity contribution in [2.75, 3.05) is 11.9 Å². The Balaban J connectivity index is 1.63. The zero-order valence-electron chi connectivity index (χ0n) is 12.7. The summed E-state index contributed by atoms with van der Waals surface area (Å²) in [4.78, 5) is 37.7. The van der Waals surface area contributed by atoms with Crippen molar-refractivity contribution < 1.29 is 19.2 Å². The molecule has 0 saturated carbocycles. The first kappa shape index (κ1) is 16.5. The minimum absolute atomic E-state index is 0.0675. The predicted octanol–water partition coefficient (Wildman–Crippen LogP) is 3.00. The van der Waals surface area contributed by atoms with Crippen LogP contribution >= 0.6 is 11.3 Å². The minimum Gasteiger partial charge on any atom is -0.452 e. The molecule has 9 heteroatoms. The molecule has 3 aromatic rings. The van der Waals surface area contributed by atoms with Crippen molar-refractivity contribution in [3.8, 4) is 0 Å². The average Bonchev–Trinajstić information content (AvgIpc) is 3.08. The van der Waals surface area contributed by atoms with E-state index in [1.165, 1.54) is 0 Å². The molecule has 1 N–H and O–H groups in total. The molecule has 0 bridgehead atoms. The molecular formula is C16H11N3O5S. The first-order chi connectivity index (χ1) is 12.0. The van der Waals surface area contributed by atoms with Crippen LogP contribution in [0.2, 0.25) is 0 Å². The maximum Gasteiger partial charge on any atom is 0.345 e. The van der Waals surface area contributed by atoms with Crippen LogP contribution in [0.15, 0.2) is 48.7 Å². The number of ether oxygens (including phenoxy) is 1. The zero-order chi connectivity index (χ0) is 17.8. The summed E-state index contributed by atoms with van der Waals surface area (Å²) in [5.74, 6) is -1.25. The molecule has 0 aliphatic carbocycles. The van der Waals surface area contributed by atoms with Crippen LogP contribution in [0.5, 0.6) is 0 Å². The van der Waals surface area contributed by atoms with E-state index in [-0.39, 0.29) is 10.1 Å². The molecule has 1 aromatic heterocycles. The molecule has 0 spiro atoms. The number of esters is 1. The molecular weight excluding hydrogens is 346 g/mol. The van der Waals surface area contributed by atoms with Crippen LogP contribution in [0.4, 0.5) is 10.1 Å². The molecule has 0 aliphatic rings. The molecule has 8 nitrogen and oxygen atoms in total. The van der Waals surface area contributed by atoms with Gasteiger partial charge in [-0.25, -0.2) is 9.78 Å². The third-order valence-electron chi connectivity index (χ3n) is 3.26. The van der Waals surface area contributed by atoms with E-state index >= 15 is 0 Å². The van der Waals surface area contributed by atoms with Gasteiger partial charge < -0.3 is 4.74 Å². The van der Waals surface area contributed by atoms with E-state index in [9.17, 15) is 19.7 Å². The van der Waals surface area contributed by atoms with Crippen LogP contribution in [0.3, 0.4) is 0 Å². The maximum absolute atomic E-state index is 12.2. The number of carbonyl (C=O) groups excluding carboxylic acids is 2. The van der Waals surface area contributed by atoms with E-state index in [2.05, 4.69) is 10.3 Å². The van der Waals surface area contributed by atoms with Crippen molar-refractivity contribution in [1.29, 1.82) is 0 Å². The Morgan fingerprint density at radius 2 is 1.96 bits per heavy atom. The van der Waals surface area contributed by atoms with Gasteiger partial charge in [0.1, 0.15) is 6.20 Å². The highest BCUT2D eigenvalue weighted by Crippen LogP contribution is 2.24. The van der Waals surface area contributed by atoms with Gasteiger partial charge in [-0.1, -0.05) is 36.4 Å². The van der Waals surface area contributed by atoms with Crippen molar-refractivity contribution >= 4 is 44.1 Å². The van der Waals surface area contributed by atoms with Gasteiger partial charge in [-0.15, -0.1) is 0 Å². The molecule has 0 atom stereocenters. The molecule has 1 amide bonds. The van der Waals surface area contributed by atoms with Gasteiger partial charge in [0.15, 0.2) is 11.7 Å². The van der Waals surface area contributed by atoms with E-state index in [1.807, 2.05) is 18.2 Å². The van der Waals surface area contributed by atoms with Crippen molar-refractivity contribution in [3.63, 3.8) is 0 Å². The van der Waals surface area contributed by atoms with E-state index < -0.39 is 23.4 Å². The molecule has 126 valence electrons. The Hall–Kier alpha value is -3.33. The van der Waals surface area contributed by atoms with Crippen molar-refractivity contribution in [2.45, 2.75) is 0 Å². The standard InChI is InChI=1S/C16H11N3O5S/c20-13(18-16-17-8-14(25-16)19(22)23)9-24-15(21)12-7-3-5-10-4-1-2-6-11(10)12/h1-8H,9H2,(H,17,18,20). The second kappa shape index (κ2) is 7.05. The number of hydrogen-bond acceptors (Lipinski definition) is 7. The van der Waals surface area contributed by atoms with Crippen LogP contribution in [0.1, 0.15) is 10.4 Å². The Kier molecular flexibility index (Phi) is 4.66. The number of benzene rings is 2. The van der Waals surface area contributed by atoms with Crippen LogP contribution < -0.4 is 5.32 Å². The second-order valence-corrected chi connectivity index (χ2v) is 5.92. The lowest BCUT2D eigenvalue weighted by Gasteiger charge is -2.07. The first-order valence-corrected chi connectivity index (χ1v) is 7.91. The van der Waals surface area contributed by atoms with E-state index in [1.54, 1.807) is 24.3 Å². The van der Waals surface area contributed by atoms with Gasteiger partial charge in [-0.05, 0) is 28.2 Å². The number of fused-ring (bicyclic) bond motifs is 1. The van der Waals surface area contributed by atoms with Crippen LogP contribution in [-0.4, -0.2) is 28.4 Å². The van der Waals surface area contributed by atoms with Gasteiger partial charge in [0, 0.05) is 0 Å². The molecule has 3 rings (SSSR count). The smallest absolute Gasteiger partial charge is 0.345 e. The quantitative estimate of drug-likeness (QED) is 0.427. The Morgan fingerprint density at radius 3 is 2.72 bits per heavy atom. The third-order valence-corrected chi connectivity index (χ3v) is 4.13. The molecule has 0 unspecified atom stereocenters. The number of thiazole rings is 1. The van der Waals surface area contributed by atoms with Gasteiger partial charge in [-0.2, -0.15) is 0 Å². The number of carbonyl (C=O) groups is 2. The highest BCUT2D eigenvalue weighted by atomic mass is 32.1. The highest BCUT2D eigenvalue weighted by molar-refractivity contribution is 7.18. The Bertz CT molecular complexity index is 964. The Morgan fingerprint density at radius 1 is 1.20 bits per heavy atom. The average molecular weight is 357 g/mol. The van der Waals surface area contributed by atoms with E-state index in [0.29, 0.717) is 5.56 Å². The summed E-state index contributed by atoms with van der Waals surface area (Å²) in [6, 6.07) is 12.5. The number of amides is 1. The summed E-state index contributed by atoms with van der Waals surface area (Å²) >= 11 is 0.719. The summed E-state index contributed by atoms with van der Waals surface area (Å²) in [7, 11) is 0. The van der Waals surface area contributed by atoms with E-state index in [4.69, 9.17) is 4.74 Å². The zero-order valence-corrected chi connectivity index (χ0v) is 13.5. The van der Waals surface area contributed by atoms with Gasteiger partial charge in [0.25, 0.3) is 5.91 Å². The lowest BCUT2D eigenvalue weighted by Crippen LogP contribution is -2.20. The molecule has 0 fully saturated rings. The molecule has 2 aromatic carbocycles. The maximum atomic E-state index is 12.2. The fourth-order valence-electron chi connectivity index (χ4n) is 2.18. The van der Waals surface area contributed by atoms with Crippen molar-refractivity contribution in [1.82, 2.24) is 4.98 Å². The number of anilines is 1. The molecule has 25 heavy (non-hydrogen) atoms. The predicted molar refractivity (Wildman–Crippen MR) is 91.6 cm³/mol. The summed E-state index contributed by atoms with van der Waals surface area (Å²) in [5, 5.41) is 14.4. The van der Waals surface area contributed by atoms with Gasteiger partial charge in [0.05, 0.1) is 10.5 Å². The van der Waals surface area contributed by atoms with Crippen LogP contribution in [-0.2, 0) is 9.53 Å². The van der Waals surface area contributed by atoms with E-state index in [0.717, 1.165) is 28.3 Å². The largest absolute Gasteiger partial charge is 0.452 e. The molecule has 0 radical (unpaired) electrons. The third kappa shape index (κ3) is 3.78. The monoisotopic (exact) mass is 357 g/mol. The van der Waals surface area contributed by atoms with Crippen molar-refractivity contribution in [3.05, 3.63) is 64.3 Å². The first-order valence-electron chi connectivity index (χ1n) is 7.09. The molecule has 0 saturated heterocycles. The fourth-order valence-corrected chi connectivity index (χ4v) is 2.82. The lowest BCUT2D eigenvalue weighted by atomic mass is 10.1. The number of nitrogens with zero attached hydrogens (tertiary/aromatic N) is 2. The fraction of sp³-hybridized carbons (Fsp3) is 0.0625. The number of nitro groups is 1. The van der Waals surface area contributed by atoms with Gasteiger partial charge in [0.2, 0.25) is 0 Å². The minimum atomic E-state index is -0.628. The normalized spacial score (nSPS) is 10.4. The summed E-state index contributed by atoms with van der Waals surface area (Å²) < 4.78 is 5.02. The van der Waals surface area contributed by atoms with Crippen LogP contribution in [0.25, 0.3) is 10.8 Å². The number of rotatable bonds is 5. The lowest BCUT2D eigenvalue weighted by molar-refractivity contribution is -0.380. The topological polar surface area (TPSA) is 111 Å². The number of hydrogen-bond donors (Lipinski definition) is 1. The number of nitrogens with one attached hydrogen (secondary N) is 1.